The Balaban J connectivity index is 1.63. The molecule has 0 aliphatic carbocycles. The lowest BCUT2D eigenvalue weighted by Crippen LogP contribution is -2.47. The van der Waals surface area contributed by atoms with Gasteiger partial charge in [0.25, 0.3) is 11.8 Å². The Morgan fingerprint density at radius 1 is 1.28 bits per heavy atom. The molecule has 156 valence electrons. The molecule has 0 bridgehead atoms. The molecule has 1 fully saturated rings. The quantitative estimate of drug-likeness (QED) is 0.520. The Morgan fingerprint density at radius 3 is 2.72 bits per heavy atom. The van der Waals surface area contributed by atoms with Crippen LogP contribution in [0.15, 0.2) is 24.3 Å². The van der Waals surface area contributed by atoms with Crippen molar-refractivity contribution in [2.24, 2.45) is 0 Å². The molecule has 4 amide bonds. The monoisotopic (exact) mass is 403 g/mol. The van der Waals surface area contributed by atoms with Crippen molar-refractivity contribution in [3.63, 3.8) is 0 Å². The molecule has 2 heterocycles. The van der Waals surface area contributed by atoms with Gasteiger partial charge in [-0.2, -0.15) is 0 Å². The van der Waals surface area contributed by atoms with Crippen LogP contribution in [0.4, 0.5) is 4.79 Å². The van der Waals surface area contributed by atoms with Gasteiger partial charge >= 0.3 is 12.0 Å². The lowest BCUT2D eigenvalue weighted by atomic mass is 9.84. The van der Waals surface area contributed by atoms with Crippen LogP contribution in [0.2, 0.25) is 0 Å². The molecule has 9 heteroatoms. The van der Waals surface area contributed by atoms with Crippen LogP contribution >= 0.6 is 0 Å². The van der Waals surface area contributed by atoms with Crippen molar-refractivity contribution in [3.8, 4) is 5.75 Å². The Morgan fingerprint density at radius 2 is 2.00 bits per heavy atom. The van der Waals surface area contributed by atoms with E-state index in [1.54, 1.807) is 24.3 Å². The van der Waals surface area contributed by atoms with Crippen molar-refractivity contribution < 1.29 is 28.7 Å². The van der Waals surface area contributed by atoms with Gasteiger partial charge in [0.05, 0.1) is 6.61 Å². The third kappa shape index (κ3) is 4.03. The number of ether oxygens (including phenoxy) is 2. The van der Waals surface area contributed by atoms with Crippen molar-refractivity contribution >= 4 is 23.8 Å². The van der Waals surface area contributed by atoms with Gasteiger partial charge in [-0.25, -0.2) is 4.79 Å². The lowest BCUT2D eigenvalue weighted by molar-refractivity contribution is -0.151. The number of rotatable bonds is 7. The van der Waals surface area contributed by atoms with E-state index in [1.807, 2.05) is 13.8 Å². The van der Waals surface area contributed by atoms with Gasteiger partial charge < -0.3 is 20.1 Å². The zero-order valence-electron chi connectivity index (χ0n) is 16.5. The fraction of sp³-hybridized carbons (Fsp3) is 0.500. The van der Waals surface area contributed by atoms with Gasteiger partial charge in [0.15, 0.2) is 12.1 Å². The molecule has 1 aromatic rings. The van der Waals surface area contributed by atoms with Crippen LogP contribution in [0.3, 0.4) is 0 Å². The Labute approximate surface area is 168 Å². The molecule has 3 rings (SSSR count). The smallest absolute Gasteiger partial charge is 0.326 e. The number of hydrogen-bond acceptors (Lipinski definition) is 6. The molecule has 1 atom stereocenters. The molecule has 29 heavy (non-hydrogen) atoms. The number of nitrogens with zero attached hydrogens (tertiary/aromatic N) is 1. The van der Waals surface area contributed by atoms with Crippen molar-refractivity contribution in [2.75, 3.05) is 19.8 Å². The average molecular weight is 403 g/mol. The Kier molecular flexibility index (Phi) is 6.05. The number of carbonyl (C=O) groups excluding carboxylic acids is 4. The largest absolute Gasteiger partial charge is 0.493 e. The van der Waals surface area contributed by atoms with Crippen LogP contribution in [-0.2, 0) is 24.7 Å². The highest BCUT2D eigenvalue weighted by Crippen LogP contribution is 2.40. The molecule has 1 spiro atoms. The van der Waals surface area contributed by atoms with E-state index in [4.69, 9.17) is 9.47 Å². The zero-order valence-corrected chi connectivity index (χ0v) is 16.5. The molecule has 9 nitrogen and oxygen atoms in total. The molecular formula is C20H25N3O6. The number of imide groups is 1. The first-order valence-electron chi connectivity index (χ1n) is 9.72. The highest BCUT2D eigenvalue weighted by Gasteiger charge is 2.55. The molecule has 2 N–H and O–H groups in total. The first-order valence-corrected chi connectivity index (χ1v) is 9.72. The number of carbonyl (C=O) groups is 4. The summed E-state index contributed by atoms with van der Waals surface area (Å²) in [7, 11) is 0. The van der Waals surface area contributed by atoms with E-state index in [9.17, 15) is 19.2 Å². The molecular weight excluding hydrogens is 378 g/mol. The fourth-order valence-electron chi connectivity index (χ4n) is 3.60. The van der Waals surface area contributed by atoms with Gasteiger partial charge in [-0.05, 0) is 18.9 Å². The first-order chi connectivity index (χ1) is 13.9. The van der Waals surface area contributed by atoms with E-state index in [1.165, 1.54) is 0 Å². The van der Waals surface area contributed by atoms with Crippen LogP contribution in [0.1, 0.15) is 38.7 Å². The minimum Gasteiger partial charge on any atom is -0.493 e. The number of urea groups is 1. The number of benzene rings is 1. The molecule has 1 saturated heterocycles. The summed E-state index contributed by atoms with van der Waals surface area (Å²) >= 11 is 0. The molecule has 1 aromatic carbocycles. The fourth-order valence-corrected chi connectivity index (χ4v) is 3.60. The van der Waals surface area contributed by atoms with Gasteiger partial charge in [-0.1, -0.05) is 32.0 Å². The summed E-state index contributed by atoms with van der Waals surface area (Å²) in [6, 6.07) is 6.32. The lowest BCUT2D eigenvalue weighted by Gasteiger charge is -2.33. The minimum absolute atomic E-state index is 0.0144. The third-order valence-corrected chi connectivity index (χ3v) is 5.26. The minimum atomic E-state index is -1.25. The number of para-hydroxylation sites is 1. The van der Waals surface area contributed by atoms with Crippen molar-refractivity contribution in [1.82, 2.24) is 15.5 Å². The standard InChI is InChI=1S/C20H25N3O6/c1-3-13(4-2)21-16(24)12-29-17(25)11-23-18(26)20(22-19(23)27)9-10-28-15-8-6-5-7-14(15)20/h5-8,13H,3-4,9-12H2,1-2H3,(H,21,24)(H,22,27)/t20-/m0/s1. The molecule has 0 unspecified atom stereocenters. The maximum atomic E-state index is 13.1. The van der Waals surface area contributed by atoms with Crippen LogP contribution in [0.5, 0.6) is 5.75 Å². The Hall–Kier alpha value is -3.10. The molecule has 0 radical (unpaired) electrons. The molecule has 0 saturated carbocycles. The number of esters is 1. The molecule has 0 aromatic heterocycles. The summed E-state index contributed by atoms with van der Waals surface area (Å²) in [6.45, 7) is 3.14. The highest BCUT2D eigenvalue weighted by molar-refractivity contribution is 6.09. The third-order valence-electron chi connectivity index (χ3n) is 5.26. The van der Waals surface area contributed by atoms with Gasteiger partial charge in [0.2, 0.25) is 0 Å². The highest BCUT2D eigenvalue weighted by atomic mass is 16.5. The summed E-state index contributed by atoms with van der Waals surface area (Å²) in [5.74, 6) is -1.25. The van der Waals surface area contributed by atoms with Gasteiger partial charge in [0, 0.05) is 18.0 Å². The molecule has 2 aliphatic rings. The number of fused-ring (bicyclic) bond motifs is 2. The predicted octanol–water partition coefficient (Wildman–Crippen LogP) is 1.06. The Bertz CT molecular complexity index is 822. The van der Waals surface area contributed by atoms with Gasteiger partial charge in [0.1, 0.15) is 12.3 Å². The summed E-state index contributed by atoms with van der Waals surface area (Å²) in [4.78, 5) is 50.3. The van der Waals surface area contributed by atoms with Crippen molar-refractivity contribution in [1.29, 1.82) is 0 Å². The van der Waals surface area contributed by atoms with Crippen LogP contribution in [0.25, 0.3) is 0 Å². The van der Waals surface area contributed by atoms with E-state index in [-0.39, 0.29) is 19.1 Å². The normalized spacial score (nSPS) is 20.3. The second-order valence-corrected chi connectivity index (χ2v) is 7.06. The van der Waals surface area contributed by atoms with Gasteiger partial charge in [-0.15, -0.1) is 0 Å². The SMILES string of the molecule is CCC(CC)NC(=O)COC(=O)CN1C(=O)N[C@]2(CCOc3ccccc32)C1=O. The summed E-state index contributed by atoms with van der Waals surface area (Å²) in [6.07, 6.45) is 1.80. The number of nitrogens with one attached hydrogen (secondary N) is 2. The topological polar surface area (TPSA) is 114 Å². The van der Waals surface area contributed by atoms with Gasteiger partial charge in [-0.3, -0.25) is 19.3 Å². The number of hydrogen-bond donors (Lipinski definition) is 2. The predicted molar refractivity (Wildman–Crippen MR) is 102 cm³/mol. The summed E-state index contributed by atoms with van der Waals surface area (Å²) in [5, 5.41) is 5.46. The second kappa shape index (κ2) is 8.50. The van der Waals surface area contributed by atoms with Crippen molar-refractivity contribution in [2.45, 2.75) is 44.7 Å². The zero-order chi connectivity index (χ0) is 21.0. The maximum absolute atomic E-state index is 13.1. The maximum Gasteiger partial charge on any atom is 0.326 e. The number of amides is 4. The van der Waals surface area contributed by atoms with E-state index in [2.05, 4.69) is 10.6 Å². The average Bonchev–Trinajstić information content (AvgIpc) is 2.95. The van der Waals surface area contributed by atoms with E-state index >= 15 is 0 Å². The van der Waals surface area contributed by atoms with E-state index in [0.717, 1.165) is 17.7 Å². The van der Waals surface area contributed by atoms with Crippen molar-refractivity contribution in [3.05, 3.63) is 29.8 Å². The van der Waals surface area contributed by atoms with E-state index < -0.39 is 42.5 Å². The van der Waals surface area contributed by atoms with Crippen LogP contribution < -0.4 is 15.4 Å². The van der Waals surface area contributed by atoms with E-state index in [0.29, 0.717) is 11.3 Å². The first kappa shape index (κ1) is 20.6. The summed E-state index contributed by atoms with van der Waals surface area (Å²) < 4.78 is 10.5. The molecule has 2 aliphatic heterocycles. The second-order valence-electron chi connectivity index (χ2n) is 7.06. The van der Waals surface area contributed by atoms with Crippen LogP contribution in [0, 0.1) is 0 Å². The van der Waals surface area contributed by atoms with Crippen LogP contribution in [-0.4, -0.2) is 54.5 Å². The summed E-state index contributed by atoms with van der Waals surface area (Å²) in [5.41, 5.74) is -0.691.